The van der Waals surface area contributed by atoms with Crippen molar-refractivity contribution in [3.8, 4) is 0 Å². The van der Waals surface area contributed by atoms with E-state index < -0.39 is 0 Å². The van der Waals surface area contributed by atoms with E-state index in [4.69, 9.17) is 4.74 Å². The summed E-state index contributed by atoms with van der Waals surface area (Å²) in [5.41, 5.74) is 3.34. The average molecular weight is 345 g/mol. The molecular weight excluding hydrogens is 322 g/mol. The van der Waals surface area contributed by atoms with Crippen molar-refractivity contribution in [3.05, 3.63) is 47.3 Å². The summed E-state index contributed by atoms with van der Waals surface area (Å²) < 4.78 is 5.30. The Bertz CT molecular complexity index is 681. The number of hydrogen-bond acceptors (Lipinski definition) is 4. The van der Waals surface area contributed by atoms with Crippen LogP contribution in [0.1, 0.15) is 23.9 Å². The van der Waals surface area contributed by atoms with Gasteiger partial charge in [0.1, 0.15) is 0 Å². The highest BCUT2D eigenvalue weighted by Gasteiger charge is 2.24. The van der Waals surface area contributed by atoms with E-state index in [0.717, 1.165) is 23.0 Å². The molecule has 1 aromatic carbocycles. The van der Waals surface area contributed by atoms with Crippen LogP contribution in [-0.4, -0.2) is 52.3 Å². The molecule has 0 saturated carbocycles. The summed E-state index contributed by atoms with van der Waals surface area (Å²) in [6.45, 7) is 6.59. The van der Waals surface area contributed by atoms with E-state index in [9.17, 15) is 4.79 Å². The molecule has 1 aliphatic rings. The highest BCUT2D eigenvalue weighted by Crippen LogP contribution is 2.24. The molecule has 0 spiro atoms. The van der Waals surface area contributed by atoms with Crippen LogP contribution in [0.2, 0.25) is 0 Å². The van der Waals surface area contributed by atoms with E-state index in [1.54, 1.807) is 0 Å². The van der Waals surface area contributed by atoms with Crippen LogP contribution in [0.25, 0.3) is 0 Å². The molecule has 1 amide bonds. The molecule has 3 rings (SSSR count). The van der Waals surface area contributed by atoms with Gasteiger partial charge in [-0.1, -0.05) is 42.1 Å². The molecule has 0 unspecified atom stereocenters. The Morgan fingerprint density at radius 1 is 1.33 bits per heavy atom. The van der Waals surface area contributed by atoms with Crippen molar-refractivity contribution in [1.82, 2.24) is 14.9 Å². The van der Waals surface area contributed by atoms with Crippen LogP contribution >= 0.6 is 11.8 Å². The van der Waals surface area contributed by atoms with Crippen molar-refractivity contribution < 1.29 is 9.53 Å². The lowest BCUT2D eigenvalue weighted by molar-refractivity contribution is -0.134. The topological polar surface area (TPSA) is 58.2 Å². The fraction of sp³-hybridized carbons (Fsp3) is 0.444. The van der Waals surface area contributed by atoms with Gasteiger partial charge in [0.2, 0.25) is 5.91 Å². The van der Waals surface area contributed by atoms with Gasteiger partial charge in [0, 0.05) is 25.2 Å². The number of thioether (sulfide) groups is 1. The third-order valence-corrected chi connectivity index (χ3v) is 5.11. The number of nitrogens with zero attached hydrogens (tertiary/aromatic N) is 2. The summed E-state index contributed by atoms with van der Waals surface area (Å²) >= 11 is 1.49. The molecule has 1 atom stereocenters. The molecule has 0 bridgehead atoms. The van der Waals surface area contributed by atoms with E-state index in [-0.39, 0.29) is 11.2 Å². The van der Waals surface area contributed by atoms with Crippen molar-refractivity contribution in [2.75, 3.05) is 26.3 Å². The van der Waals surface area contributed by atoms with Crippen molar-refractivity contribution >= 4 is 17.7 Å². The molecule has 2 aromatic rings. The standard InChI is InChI=1S/C18H23N3O2S/c1-13-16(12-15-6-4-3-5-7-15)20-18(19-13)24-14(2)17(22)21-8-10-23-11-9-21/h3-7,14H,8-12H2,1-2H3,(H,19,20)/t14-/m1/s1. The third-order valence-electron chi connectivity index (χ3n) is 4.14. The highest BCUT2D eigenvalue weighted by molar-refractivity contribution is 8.00. The first-order chi connectivity index (χ1) is 11.6. The molecular formula is C18H23N3O2S. The lowest BCUT2D eigenvalue weighted by Gasteiger charge is -2.28. The number of aryl methyl sites for hydroxylation is 1. The molecule has 5 nitrogen and oxygen atoms in total. The molecule has 2 heterocycles. The van der Waals surface area contributed by atoms with Crippen molar-refractivity contribution in [2.24, 2.45) is 0 Å². The Morgan fingerprint density at radius 3 is 2.75 bits per heavy atom. The lowest BCUT2D eigenvalue weighted by atomic mass is 10.1. The van der Waals surface area contributed by atoms with Crippen LogP contribution in [0.3, 0.4) is 0 Å². The summed E-state index contributed by atoms with van der Waals surface area (Å²) in [4.78, 5) is 22.4. The van der Waals surface area contributed by atoms with Gasteiger partial charge >= 0.3 is 0 Å². The first kappa shape index (κ1) is 17.0. The van der Waals surface area contributed by atoms with Crippen LogP contribution in [0.4, 0.5) is 0 Å². The largest absolute Gasteiger partial charge is 0.378 e. The van der Waals surface area contributed by atoms with Crippen LogP contribution in [0.5, 0.6) is 0 Å². The highest BCUT2D eigenvalue weighted by atomic mass is 32.2. The molecule has 1 aliphatic heterocycles. The number of hydrogen-bond donors (Lipinski definition) is 1. The zero-order valence-corrected chi connectivity index (χ0v) is 14.9. The first-order valence-electron chi connectivity index (χ1n) is 8.26. The number of aromatic nitrogens is 2. The van der Waals surface area contributed by atoms with Gasteiger partial charge in [0.05, 0.1) is 24.2 Å². The maximum absolute atomic E-state index is 12.5. The molecule has 1 aromatic heterocycles. The smallest absolute Gasteiger partial charge is 0.236 e. The Labute approximate surface area is 146 Å². The molecule has 24 heavy (non-hydrogen) atoms. The van der Waals surface area contributed by atoms with Gasteiger partial charge in [0.15, 0.2) is 5.16 Å². The Hall–Kier alpha value is -1.79. The maximum atomic E-state index is 12.5. The number of rotatable bonds is 5. The van der Waals surface area contributed by atoms with Gasteiger partial charge in [-0.05, 0) is 19.4 Å². The minimum atomic E-state index is -0.154. The number of amides is 1. The fourth-order valence-corrected chi connectivity index (χ4v) is 3.70. The summed E-state index contributed by atoms with van der Waals surface area (Å²) in [5, 5.41) is 0.658. The van der Waals surface area contributed by atoms with Gasteiger partial charge in [-0.25, -0.2) is 4.98 Å². The van der Waals surface area contributed by atoms with Crippen molar-refractivity contribution in [2.45, 2.75) is 30.7 Å². The second kappa shape index (κ2) is 7.85. The number of nitrogens with one attached hydrogen (secondary N) is 1. The number of aromatic amines is 1. The number of carbonyl (C=O) groups is 1. The van der Waals surface area contributed by atoms with E-state index in [1.165, 1.54) is 17.3 Å². The number of benzene rings is 1. The van der Waals surface area contributed by atoms with Gasteiger partial charge in [-0.3, -0.25) is 4.79 Å². The third kappa shape index (κ3) is 4.19. The zero-order chi connectivity index (χ0) is 16.9. The molecule has 1 saturated heterocycles. The normalized spacial score (nSPS) is 16.2. The molecule has 0 radical (unpaired) electrons. The molecule has 1 fully saturated rings. The predicted octanol–water partition coefficient (Wildman–Crippen LogP) is 2.65. The second-order valence-electron chi connectivity index (χ2n) is 5.97. The average Bonchev–Trinajstić information content (AvgIpc) is 2.95. The molecule has 1 N–H and O–H groups in total. The minimum Gasteiger partial charge on any atom is -0.378 e. The van der Waals surface area contributed by atoms with Crippen LogP contribution in [0, 0.1) is 6.92 Å². The number of H-pyrrole nitrogens is 1. The van der Waals surface area contributed by atoms with Crippen molar-refractivity contribution in [3.63, 3.8) is 0 Å². The molecule has 0 aliphatic carbocycles. The van der Waals surface area contributed by atoms with Crippen LogP contribution in [-0.2, 0) is 16.0 Å². The van der Waals surface area contributed by atoms with Crippen LogP contribution in [0.15, 0.2) is 35.5 Å². The van der Waals surface area contributed by atoms with Gasteiger partial charge in [0.25, 0.3) is 0 Å². The summed E-state index contributed by atoms with van der Waals surface area (Å²) in [6, 6.07) is 10.3. The van der Waals surface area contributed by atoms with Gasteiger partial charge in [-0.15, -0.1) is 0 Å². The van der Waals surface area contributed by atoms with E-state index in [0.29, 0.717) is 26.3 Å². The summed E-state index contributed by atoms with van der Waals surface area (Å²) in [6.07, 6.45) is 0.801. The Kier molecular flexibility index (Phi) is 5.58. The van der Waals surface area contributed by atoms with E-state index >= 15 is 0 Å². The first-order valence-corrected chi connectivity index (χ1v) is 9.14. The van der Waals surface area contributed by atoms with E-state index in [2.05, 4.69) is 22.1 Å². The minimum absolute atomic E-state index is 0.154. The SMILES string of the molecule is Cc1[nH]c(S[C@H](C)C(=O)N2CCOCC2)nc1Cc1ccccc1. The lowest BCUT2D eigenvalue weighted by Crippen LogP contribution is -2.44. The van der Waals surface area contributed by atoms with Gasteiger partial charge < -0.3 is 14.6 Å². The number of morpholine rings is 1. The number of ether oxygens (including phenoxy) is 1. The quantitative estimate of drug-likeness (QED) is 0.847. The van der Waals surface area contributed by atoms with Crippen LogP contribution < -0.4 is 0 Å². The number of carbonyl (C=O) groups excluding carboxylic acids is 1. The predicted molar refractivity (Wildman–Crippen MR) is 95.3 cm³/mol. The van der Waals surface area contributed by atoms with Gasteiger partial charge in [-0.2, -0.15) is 0 Å². The summed E-state index contributed by atoms with van der Waals surface area (Å²) in [7, 11) is 0. The maximum Gasteiger partial charge on any atom is 0.236 e. The Balaban J connectivity index is 1.63. The summed E-state index contributed by atoms with van der Waals surface area (Å²) in [5.74, 6) is 0.155. The fourth-order valence-electron chi connectivity index (χ4n) is 2.74. The number of imidazole rings is 1. The molecule has 6 heteroatoms. The monoisotopic (exact) mass is 345 g/mol. The Morgan fingerprint density at radius 2 is 2.04 bits per heavy atom. The van der Waals surface area contributed by atoms with E-state index in [1.807, 2.05) is 36.9 Å². The zero-order valence-electron chi connectivity index (χ0n) is 14.1. The second-order valence-corrected chi connectivity index (χ2v) is 7.30. The molecule has 128 valence electrons. The van der Waals surface area contributed by atoms with Crippen molar-refractivity contribution in [1.29, 1.82) is 0 Å².